The van der Waals surface area contributed by atoms with Gasteiger partial charge in [0.05, 0.1) is 34.1 Å². The molecule has 2 aromatic heterocycles. The monoisotopic (exact) mass is 459 g/mol. The van der Waals surface area contributed by atoms with E-state index in [1.165, 1.54) is 28.8 Å². The lowest BCUT2D eigenvalue weighted by molar-refractivity contribution is -0.384. The zero-order chi connectivity index (χ0) is 24.4. The van der Waals surface area contributed by atoms with E-state index in [4.69, 9.17) is 0 Å². The molecule has 4 aromatic rings. The number of hydrogen-bond donors (Lipinski definition) is 1. The van der Waals surface area contributed by atoms with E-state index >= 15 is 0 Å². The molecule has 1 unspecified atom stereocenters. The Balaban J connectivity index is 1.98. The van der Waals surface area contributed by atoms with Crippen LogP contribution in [0.5, 0.6) is 0 Å². The first-order valence-corrected chi connectivity index (χ1v) is 11.1. The first-order chi connectivity index (χ1) is 16.4. The van der Waals surface area contributed by atoms with Crippen LogP contribution in [0.3, 0.4) is 0 Å². The van der Waals surface area contributed by atoms with E-state index in [1.807, 2.05) is 48.7 Å². The molecule has 0 aliphatic heterocycles. The second-order valence-corrected chi connectivity index (χ2v) is 8.09. The third kappa shape index (κ3) is 4.05. The van der Waals surface area contributed by atoms with Gasteiger partial charge in [0, 0.05) is 29.8 Å². The number of pyridine rings is 1. The number of benzene rings is 2. The molecule has 0 spiro atoms. The number of aromatic nitrogens is 2. The second-order valence-electron chi connectivity index (χ2n) is 8.09. The molecule has 0 fully saturated rings. The number of nitro groups is 1. The number of fused-ring (bicyclic) bond motifs is 3. The van der Waals surface area contributed by atoms with Gasteiger partial charge in [-0.2, -0.15) is 5.26 Å². The van der Waals surface area contributed by atoms with Gasteiger partial charge in [-0.15, -0.1) is 0 Å². The normalized spacial score (nSPS) is 12.3. The van der Waals surface area contributed by atoms with Crippen LogP contribution in [0.25, 0.3) is 27.6 Å². The van der Waals surface area contributed by atoms with Crippen molar-refractivity contribution in [1.82, 2.24) is 14.0 Å². The fraction of sp³-hybridized carbons (Fsp3) is 0.280. The zero-order valence-electron chi connectivity index (χ0n) is 19.0. The van der Waals surface area contributed by atoms with Gasteiger partial charge in [-0.1, -0.05) is 32.0 Å². The Morgan fingerprint density at radius 2 is 1.79 bits per heavy atom. The van der Waals surface area contributed by atoms with Crippen molar-refractivity contribution in [3.63, 3.8) is 0 Å². The maximum absolute atomic E-state index is 13.3. The average Bonchev–Trinajstić information content (AvgIpc) is 3.15. The summed E-state index contributed by atoms with van der Waals surface area (Å²) in [5.74, 6) is 0. The second kappa shape index (κ2) is 9.47. The molecule has 0 saturated carbocycles. The first-order valence-electron chi connectivity index (χ1n) is 11.1. The highest BCUT2D eigenvalue weighted by Crippen LogP contribution is 2.31. The van der Waals surface area contributed by atoms with Crippen LogP contribution >= 0.6 is 0 Å². The molecule has 174 valence electrons. The molecule has 2 heterocycles. The molecule has 0 aliphatic rings. The lowest BCUT2D eigenvalue weighted by Crippen LogP contribution is -2.34. The summed E-state index contributed by atoms with van der Waals surface area (Å²) in [6.07, 6.45) is -0.663. The minimum absolute atomic E-state index is 0.0480. The van der Waals surface area contributed by atoms with Gasteiger partial charge in [0.25, 0.3) is 11.2 Å². The number of nitro benzene ring substituents is 1. The summed E-state index contributed by atoms with van der Waals surface area (Å²) in [5.41, 5.74) is 1.82. The summed E-state index contributed by atoms with van der Waals surface area (Å²) in [7, 11) is 0. The van der Waals surface area contributed by atoms with Gasteiger partial charge < -0.3 is 14.6 Å². The van der Waals surface area contributed by atoms with Crippen LogP contribution in [0.1, 0.15) is 19.4 Å². The molecule has 2 aromatic carbocycles. The molecular weight excluding hydrogens is 434 g/mol. The molecule has 34 heavy (non-hydrogen) atoms. The SMILES string of the molecule is CCN(CC)CC(O)Cn1c2ccccc2c2c1cc(C#N)c(=O)n2-c1ccc([N+](=O)[O-])cc1. The molecule has 1 N–H and O–H groups in total. The summed E-state index contributed by atoms with van der Waals surface area (Å²) >= 11 is 0. The van der Waals surface area contributed by atoms with Crippen molar-refractivity contribution in [3.8, 4) is 11.8 Å². The zero-order valence-corrected chi connectivity index (χ0v) is 19.0. The summed E-state index contributed by atoms with van der Waals surface area (Å²) < 4.78 is 3.36. The van der Waals surface area contributed by atoms with Crippen LogP contribution in [0.4, 0.5) is 5.69 Å². The number of hydrogen-bond acceptors (Lipinski definition) is 6. The molecule has 4 rings (SSSR count). The van der Waals surface area contributed by atoms with Crippen molar-refractivity contribution in [2.75, 3.05) is 19.6 Å². The van der Waals surface area contributed by atoms with Crippen LogP contribution in [0.15, 0.2) is 59.4 Å². The molecule has 9 nitrogen and oxygen atoms in total. The largest absolute Gasteiger partial charge is 0.390 e. The summed E-state index contributed by atoms with van der Waals surface area (Å²) in [5, 5.41) is 32.4. The highest BCUT2D eigenvalue weighted by Gasteiger charge is 2.21. The van der Waals surface area contributed by atoms with Crippen molar-refractivity contribution < 1.29 is 10.0 Å². The van der Waals surface area contributed by atoms with Crippen molar-refractivity contribution in [2.24, 2.45) is 0 Å². The van der Waals surface area contributed by atoms with Gasteiger partial charge in [-0.3, -0.25) is 19.5 Å². The van der Waals surface area contributed by atoms with Crippen molar-refractivity contribution in [3.05, 3.63) is 80.6 Å². The highest BCUT2D eigenvalue weighted by atomic mass is 16.6. The van der Waals surface area contributed by atoms with Crippen LogP contribution < -0.4 is 5.56 Å². The predicted octanol–water partition coefficient (Wildman–Crippen LogP) is 3.43. The Labute approximate surface area is 195 Å². The van der Waals surface area contributed by atoms with Crippen LogP contribution in [-0.2, 0) is 6.54 Å². The van der Waals surface area contributed by atoms with E-state index < -0.39 is 16.6 Å². The topological polar surface area (TPSA) is 117 Å². The standard InChI is InChI=1S/C25H25N5O4/c1-3-27(4-2)15-20(31)16-28-22-8-6-5-7-21(22)24-23(28)13-17(14-26)25(32)29(24)18-9-11-19(12-10-18)30(33)34/h5-13,20,31H,3-4,15-16H2,1-2H3. The first kappa shape index (κ1) is 23.2. The molecule has 0 aliphatic carbocycles. The van der Waals surface area contributed by atoms with E-state index in [-0.39, 0.29) is 17.8 Å². The number of likely N-dealkylation sites (N-methyl/N-ethyl adjacent to an activating group) is 1. The molecule has 9 heteroatoms. The number of aliphatic hydroxyl groups is 1. The molecular formula is C25H25N5O4. The average molecular weight is 460 g/mol. The number of aliphatic hydroxyl groups excluding tert-OH is 1. The summed E-state index contributed by atoms with van der Waals surface area (Å²) in [6, 6.07) is 16.8. The Bertz CT molecular complexity index is 1460. The lowest BCUT2D eigenvalue weighted by atomic mass is 10.2. The van der Waals surface area contributed by atoms with Gasteiger partial charge in [0.15, 0.2) is 0 Å². The van der Waals surface area contributed by atoms with Gasteiger partial charge in [0.1, 0.15) is 11.6 Å². The van der Waals surface area contributed by atoms with Crippen molar-refractivity contribution in [2.45, 2.75) is 26.5 Å². The highest BCUT2D eigenvalue weighted by molar-refractivity contribution is 6.07. The van der Waals surface area contributed by atoms with Crippen molar-refractivity contribution >= 4 is 27.6 Å². The number of para-hydroxylation sites is 1. The molecule has 0 amide bonds. The quantitative estimate of drug-likeness (QED) is 0.319. The number of nitrogens with zero attached hydrogens (tertiary/aromatic N) is 5. The van der Waals surface area contributed by atoms with Crippen LogP contribution in [0, 0.1) is 21.4 Å². The molecule has 0 bridgehead atoms. The lowest BCUT2D eigenvalue weighted by Gasteiger charge is -2.22. The third-order valence-corrected chi connectivity index (χ3v) is 6.12. The van der Waals surface area contributed by atoms with Gasteiger partial charge in [-0.25, -0.2) is 0 Å². The predicted molar refractivity (Wildman–Crippen MR) is 130 cm³/mol. The molecule has 1 atom stereocenters. The number of non-ortho nitro benzene ring substituents is 1. The van der Waals surface area contributed by atoms with Crippen molar-refractivity contribution in [1.29, 1.82) is 5.26 Å². The maximum atomic E-state index is 13.3. The smallest absolute Gasteiger partial charge is 0.273 e. The van der Waals surface area contributed by atoms with E-state index in [0.717, 1.165) is 24.0 Å². The molecule has 0 radical (unpaired) electrons. The maximum Gasteiger partial charge on any atom is 0.273 e. The van der Waals surface area contributed by atoms with Crippen LogP contribution in [0.2, 0.25) is 0 Å². The molecule has 0 saturated heterocycles. The fourth-order valence-electron chi connectivity index (χ4n) is 4.40. The number of rotatable bonds is 8. The van der Waals surface area contributed by atoms with E-state index in [9.17, 15) is 25.3 Å². The minimum atomic E-state index is -0.663. The van der Waals surface area contributed by atoms with E-state index in [0.29, 0.717) is 23.3 Å². The van der Waals surface area contributed by atoms with Gasteiger partial charge >= 0.3 is 0 Å². The Kier molecular flexibility index (Phi) is 6.45. The summed E-state index contributed by atoms with van der Waals surface area (Å²) in [4.78, 5) is 26.0. The fourth-order valence-corrected chi connectivity index (χ4v) is 4.40. The Morgan fingerprint density at radius 1 is 1.12 bits per heavy atom. The minimum Gasteiger partial charge on any atom is -0.390 e. The Hall–Kier alpha value is -4.00. The van der Waals surface area contributed by atoms with Gasteiger partial charge in [-0.05, 0) is 37.4 Å². The number of nitriles is 1. The summed E-state index contributed by atoms with van der Waals surface area (Å²) in [6.45, 7) is 6.49. The Morgan fingerprint density at radius 3 is 2.41 bits per heavy atom. The van der Waals surface area contributed by atoms with E-state index in [1.54, 1.807) is 6.07 Å². The van der Waals surface area contributed by atoms with Gasteiger partial charge in [0.2, 0.25) is 0 Å². The van der Waals surface area contributed by atoms with Crippen LogP contribution in [-0.4, -0.2) is 49.8 Å². The van der Waals surface area contributed by atoms with E-state index in [2.05, 4.69) is 4.90 Å². The third-order valence-electron chi connectivity index (χ3n) is 6.12.